The summed E-state index contributed by atoms with van der Waals surface area (Å²) in [4.78, 5) is 38.7. The quantitative estimate of drug-likeness (QED) is 0.358. The van der Waals surface area contributed by atoms with Gasteiger partial charge in [-0.15, -0.1) is 0 Å². The fourth-order valence-electron chi connectivity index (χ4n) is 5.60. The summed E-state index contributed by atoms with van der Waals surface area (Å²) in [5, 5.41) is 7.22. The van der Waals surface area contributed by atoms with Gasteiger partial charge in [0.1, 0.15) is 10.8 Å². The zero-order chi connectivity index (χ0) is 27.5. The number of hydrogen-bond acceptors (Lipinski definition) is 9. The van der Waals surface area contributed by atoms with Crippen molar-refractivity contribution >= 4 is 40.0 Å². The topological polar surface area (TPSA) is 129 Å². The van der Waals surface area contributed by atoms with Crippen LogP contribution in [0, 0.1) is 0 Å². The van der Waals surface area contributed by atoms with Crippen molar-refractivity contribution in [2.24, 2.45) is 5.73 Å². The van der Waals surface area contributed by atoms with Crippen molar-refractivity contribution < 1.29 is 9.59 Å². The van der Waals surface area contributed by atoms with E-state index >= 15 is 0 Å². The fraction of sp³-hybridized carbons (Fsp3) is 0.483. The van der Waals surface area contributed by atoms with Crippen LogP contribution in [0.3, 0.4) is 0 Å². The Bertz CT molecular complexity index is 1350. The van der Waals surface area contributed by atoms with E-state index in [0.717, 1.165) is 49.7 Å². The van der Waals surface area contributed by atoms with Crippen LogP contribution in [0.25, 0.3) is 0 Å². The summed E-state index contributed by atoms with van der Waals surface area (Å²) in [5.74, 6) is 0.926. The molecule has 4 N–H and O–H groups in total. The van der Waals surface area contributed by atoms with E-state index in [1.54, 1.807) is 6.20 Å². The van der Waals surface area contributed by atoms with Crippen molar-refractivity contribution in [3.63, 3.8) is 0 Å². The van der Waals surface area contributed by atoms with Gasteiger partial charge in [0.05, 0.1) is 11.9 Å². The number of primary amides is 1. The van der Waals surface area contributed by atoms with Crippen molar-refractivity contribution in [1.29, 1.82) is 0 Å². The molecular weight excluding hydrogens is 524 g/mol. The van der Waals surface area contributed by atoms with E-state index in [2.05, 4.69) is 41.9 Å². The summed E-state index contributed by atoms with van der Waals surface area (Å²) in [6.45, 7) is 4.41. The maximum atomic E-state index is 12.9. The molecule has 1 atom stereocenters. The largest absolute Gasteiger partial charge is 0.364 e. The first kappa shape index (κ1) is 26.6. The van der Waals surface area contributed by atoms with E-state index in [1.165, 1.54) is 49.2 Å². The van der Waals surface area contributed by atoms with Crippen molar-refractivity contribution in [2.45, 2.75) is 63.5 Å². The Hall–Kier alpha value is -3.57. The van der Waals surface area contributed by atoms with Gasteiger partial charge in [0.2, 0.25) is 0 Å². The third kappa shape index (κ3) is 6.42. The second-order valence-corrected chi connectivity index (χ2v) is 11.9. The summed E-state index contributed by atoms with van der Waals surface area (Å²) < 4.78 is 4.59. The Morgan fingerprint density at radius 1 is 1.02 bits per heavy atom. The van der Waals surface area contributed by atoms with Gasteiger partial charge in [0, 0.05) is 31.2 Å². The first-order valence-electron chi connectivity index (χ1n) is 14.3. The molecule has 1 aromatic carbocycles. The zero-order valence-electron chi connectivity index (χ0n) is 22.6. The normalized spacial score (nSPS) is 19.8. The lowest BCUT2D eigenvalue weighted by atomic mass is 10.0. The number of nitrogens with zero attached hydrogens (tertiary/aromatic N) is 5. The third-order valence-electron chi connectivity index (χ3n) is 7.93. The highest BCUT2D eigenvalue weighted by atomic mass is 32.1. The van der Waals surface area contributed by atoms with Crippen molar-refractivity contribution in [1.82, 2.24) is 24.6 Å². The van der Waals surface area contributed by atoms with E-state index < -0.39 is 5.91 Å². The fourth-order valence-corrected chi connectivity index (χ4v) is 6.26. The molecular formula is C29H36N8O2S. The van der Waals surface area contributed by atoms with Crippen LogP contribution in [0.1, 0.15) is 83.0 Å². The van der Waals surface area contributed by atoms with Crippen molar-refractivity contribution in [2.75, 3.05) is 36.4 Å². The van der Waals surface area contributed by atoms with E-state index in [0.29, 0.717) is 29.7 Å². The number of amides is 2. The van der Waals surface area contributed by atoms with Crippen LogP contribution in [0.15, 0.2) is 36.5 Å². The lowest BCUT2D eigenvalue weighted by Gasteiger charge is -2.34. The molecule has 3 aromatic rings. The van der Waals surface area contributed by atoms with Gasteiger partial charge in [0.15, 0.2) is 11.5 Å². The molecule has 3 fully saturated rings. The number of rotatable bonds is 9. The van der Waals surface area contributed by atoms with Gasteiger partial charge in [-0.1, -0.05) is 18.6 Å². The molecule has 0 radical (unpaired) electrons. The molecule has 2 saturated heterocycles. The first-order chi connectivity index (χ1) is 19.5. The summed E-state index contributed by atoms with van der Waals surface area (Å²) >= 11 is 1.34. The Morgan fingerprint density at radius 2 is 1.82 bits per heavy atom. The summed E-state index contributed by atoms with van der Waals surface area (Å²) in [7, 11) is 0. The van der Waals surface area contributed by atoms with Gasteiger partial charge in [-0.2, -0.15) is 4.37 Å². The molecule has 40 heavy (non-hydrogen) atoms. The average molecular weight is 561 g/mol. The number of anilines is 3. The first-order valence-corrected chi connectivity index (χ1v) is 15.1. The molecule has 2 amide bonds. The Morgan fingerprint density at radius 3 is 2.58 bits per heavy atom. The molecule has 0 unspecified atom stereocenters. The number of piperidine rings is 2. The number of carbonyl (C=O) groups is 2. The number of benzene rings is 1. The predicted molar refractivity (Wildman–Crippen MR) is 156 cm³/mol. The average Bonchev–Trinajstić information content (AvgIpc) is 3.74. The molecule has 1 saturated carbocycles. The lowest BCUT2D eigenvalue weighted by Crippen LogP contribution is -2.48. The Balaban J connectivity index is 1.11. The number of nitrogens with two attached hydrogens (primary N) is 1. The summed E-state index contributed by atoms with van der Waals surface area (Å²) in [6.07, 6.45) is 9.62. The van der Waals surface area contributed by atoms with E-state index in [1.807, 2.05) is 18.2 Å². The maximum absolute atomic E-state index is 12.9. The minimum absolute atomic E-state index is 0.0165. The Labute approximate surface area is 238 Å². The highest BCUT2D eigenvalue weighted by Crippen LogP contribution is 2.39. The van der Waals surface area contributed by atoms with Gasteiger partial charge < -0.3 is 21.3 Å². The highest BCUT2D eigenvalue weighted by Gasteiger charge is 2.26. The molecule has 3 aliphatic rings. The van der Waals surface area contributed by atoms with Gasteiger partial charge in [-0.3, -0.25) is 14.5 Å². The van der Waals surface area contributed by atoms with Crippen LogP contribution >= 0.6 is 11.5 Å². The second kappa shape index (κ2) is 11.9. The SMILES string of the molecule is NC(=O)c1ncc(N2CCC[C@@H](NC(=O)c3ccc(C4CC4)cc3)C2)nc1Nc1cc(CN2CCCCC2)ns1. The predicted octanol–water partition coefficient (Wildman–Crippen LogP) is 4.04. The monoisotopic (exact) mass is 560 g/mol. The summed E-state index contributed by atoms with van der Waals surface area (Å²) in [5.41, 5.74) is 8.71. The van der Waals surface area contributed by atoms with E-state index in [-0.39, 0.29) is 17.6 Å². The minimum Gasteiger partial charge on any atom is -0.364 e. The molecule has 0 bridgehead atoms. The lowest BCUT2D eigenvalue weighted by molar-refractivity contribution is 0.0932. The molecule has 6 rings (SSSR count). The van der Waals surface area contributed by atoms with Gasteiger partial charge in [-0.25, -0.2) is 9.97 Å². The summed E-state index contributed by atoms with van der Waals surface area (Å²) in [6, 6.07) is 9.98. The zero-order valence-corrected chi connectivity index (χ0v) is 23.5. The standard InChI is InChI=1S/C29H36N8O2S/c30-27(38)26-28(34-25-15-23(35-40-25)17-36-12-2-1-3-13-36)33-24(16-31-26)37-14-4-5-22(18-37)32-29(39)21-10-8-20(9-11-21)19-6-7-19/h8-11,15-16,19,22H,1-7,12-14,17-18H2,(H2,30,38)(H,32,39)(H,33,34)/t22-/m1/s1. The molecule has 210 valence electrons. The molecule has 10 nitrogen and oxygen atoms in total. The number of likely N-dealkylation sites (tertiary alicyclic amines) is 1. The van der Waals surface area contributed by atoms with E-state index in [9.17, 15) is 9.59 Å². The van der Waals surface area contributed by atoms with Gasteiger partial charge in [0.25, 0.3) is 11.8 Å². The van der Waals surface area contributed by atoms with Gasteiger partial charge >= 0.3 is 0 Å². The van der Waals surface area contributed by atoms with Crippen LogP contribution in [-0.4, -0.2) is 63.3 Å². The molecule has 2 aromatic heterocycles. The molecule has 2 aliphatic heterocycles. The van der Waals surface area contributed by atoms with Crippen LogP contribution in [-0.2, 0) is 6.54 Å². The van der Waals surface area contributed by atoms with Crippen LogP contribution in [0.2, 0.25) is 0 Å². The van der Waals surface area contributed by atoms with Crippen LogP contribution < -0.4 is 21.3 Å². The minimum atomic E-state index is -0.643. The maximum Gasteiger partial charge on any atom is 0.271 e. The number of carbonyl (C=O) groups excluding carboxylic acids is 2. The molecule has 1 aliphatic carbocycles. The van der Waals surface area contributed by atoms with Crippen molar-refractivity contribution in [3.8, 4) is 0 Å². The number of nitrogens with one attached hydrogen (secondary N) is 2. The second-order valence-electron chi connectivity index (χ2n) is 11.1. The van der Waals surface area contributed by atoms with Gasteiger partial charge in [-0.05, 0) is 92.8 Å². The van der Waals surface area contributed by atoms with Crippen molar-refractivity contribution in [3.05, 3.63) is 59.0 Å². The Kier molecular flexibility index (Phi) is 7.92. The third-order valence-corrected chi connectivity index (χ3v) is 8.67. The number of hydrogen-bond donors (Lipinski definition) is 3. The molecule has 0 spiro atoms. The van der Waals surface area contributed by atoms with Crippen LogP contribution in [0.5, 0.6) is 0 Å². The van der Waals surface area contributed by atoms with Crippen LogP contribution in [0.4, 0.5) is 16.6 Å². The highest BCUT2D eigenvalue weighted by molar-refractivity contribution is 7.10. The van der Waals surface area contributed by atoms with E-state index in [4.69, 9.17) is 10.7 Å². The smallest absolute Gasteiger partial charge is 0.271 e. The number of aromatic nitrogens is 3. The molecule has 4 heterocycles. The molecule has 11 heteroatoms.